The molecule has 0 N–H and O–H groups in total. The van der Waals surface area contributed by atoms with Gasteiger partial charge in [-0.3, -0.25) is 9.88 Å². The number of hydrogen-bond acceptors (Lipinski definition) is 2. The van der Waals surface area contributed by atoms with Crippen LogP contribution in [0.4, 0.5) is 0 Å². The van der Waals surface area contributed by atoms with Crippen LogP contribution in [0.2, 0.25) is 0 Å². The molecule has 2 saturated heterocycles. The van der Waals surface area contributed by atoms with Gasteiger partial charge in [0.2, 0.25) is 0 Å². The van der Waals surface area contributed by atoms with Crippen molar-refractivity contribution in [1.82, 2.24) is 9.88 Å². The van der Waals surface area contributed by atoms with Gasteiger partial charge in [-0.25, -0.2) is 0 Å². The molecule has 0 aliphatic carbocycles. The molecule has 1 aromatic rings. The molecule has 3 aliphatic rings. The third-order valence-electron chi connectivity index (χ3n) is 5.44. The lowest BCUT2D eigenvalue weighted by Gasteiger charge is -2.34. The standard InChI is InChI=1S/C15H20N2/c1-8-9(2)16-10(3)15-12-6-11-4-5-14(12)17(11)7-13(8)15/h11-12,14H,4-7H2,1-3H3/t11?,12-,14?/m0/s1. The first-order valence-corrected chi connectivity index (χ1v) is 6.89. The molecule has 1 aromatic heterocycles. The van der Waals surface area contributed by atoms with E-state index in [-0.39, 0.29) is 0 Å². The second-order valence-electron chi connectivity index (χ2n) is 6.11. The minimum atomic E-state index is 0.796. The van der Waals surface area contributed by atoms with Gasteiger partial charge in [0, 0.05) is 35.9 Å². The summed E-state index contributed by atoms with van der Waals surface area (Å²) in [7, 11) is 0. The van der Waals surface area contributed by atoms with Gasteiger partial charge in [0.25, 0.3) is 0 Å². The quantitative estimate of drug-likeness (QED) is 0.679. The topological polar surface area (TPSA) is 16.1 Å². The summed E-state index contributed by atoms with van der Waals surface area (Å²) in [5.41, 5.74) is 7.22. The van der Waals surface area contributed by atoms with E-state index in [1.807, 2.05) is 0 Å². The Balaban J connectivity index is 1.95. The van der Waals surface area contributed by atoms with Crippen molar-refractivity contribution in [3.8, 4) is 0 Å². The molecule has 0 amide bonds. The molecule has 3 unspecified atom stereocenters. The predicted octanol–water partition coefficient (Wildman–Crippen LogP) is 2.84. The molecule has 3 aliphatic heterocycles. The second kappa shape index (κ2) is 3.11. The molecular formula is C15H20N2. The molecule has 0 aromatic carbocycles. The largest absolute Gasteiger partial charge is 0.293 e. The third-order valence-corrected chi connectivity index (χ3v) is 5.44. The minimum Gasteiger partial charge on any atom is -0.293 e. The lowest BCUT2D eigenvalue weighted by molar-refractivity contribution is 0.226. The van der Waals surface area contributed by atoms with Crippen molar-refractivity contribution in [2.45, 2.75) is 64.6 Å². The van der Waals surface area contributed by atoms with Gasteiger partial charge in [0.15, 0.2) is 0 Å². The van der Waals surface area contributed by atoms with Crippen molar-refractivity contribution < 1.29 is 0 Å². The van der Waals surface area contributed by atoms with E-state index in [0.717, 1.165) is 18.0 Å². The molecular weight excluding hydrogens is 208 g/mol. The van der Waals surface area contributed by atoms with Crippen LogP contribution in [-0.4, -0.2) is 22.0 Å². The Hall–Kier alpha value is -0.890. The fourth-order valence-electron chi connectivity index (χ4n) is 4.57. The van der Waals surface area contributed by atoms with Crippen LogP contribution < -0.4 is 0 Å². The second-order valence-corrected chi connectivity index (χ2v) is 6.11. The molecule has 4 heterocycles. The van der Waals surface area contributed by atoms with Crippen LogP contribution in [0.15, 0.2) is 0 Å². The number of aromatic nitrogens is 1. The minimum absolute atomic E-state index is 0.796. The van der Waals surface area contributed by atoms with Crippen molar-refractivity contribution >= 4 is 0 Å². The van der Waals surface area contributed by atoms with Crippen molar-refractivity contribution in [3.05, 3.63) is 28.1 Å². The van der Waals surface area contributed by atoms with Gasteiger partial charge in [-0.15, -0.1) is 0 Å². The summed E-state index contributed by atoms with van der Waals surface area (Å²) in [5.74, 6) is 0.796. The highest BCUT2D eigenvalue weighted by molar-refractivity contribution is 5.45. The van der Waals surface area contributed by atoms with Crippen LogP contribution in [0.25, 0.3) is 0 Å². The summed E-state index contributed by atoms with van der Waals surface area (Å²) in [6.07, 6.45) is 4.24. The summed E-state index contributed by atoms with van der Waals surface area (Å²) in [4.78, 5) is 7.54. The molecule has 0 saturated carbocycles. The zero-order valence-electron chi connectivity index (χ0n) is 11.0. The SMILES string of the molecule is Cc1nc(C)c2c(c1C)CN1C3CCC1[C@@H]2C3. The Kier molecular flexibility index (Phi) is 1.84. The van der Waals surface area contributed by atoms with Gasteiger partial charge >= 0.3 is 0 Å². The number of pyridine rings is 1. The molecule has 2 nitrogen and oxygen atoms in total. The Morgan fingerprint density at radius 3 is 2.76 bits per heavy atom. The van der Waals surface area contributed by atoms with Gasteiger partial charge < -0.3 is 0 Å². The van der Waals surface area contributed by atoms with Crippen molar-refractivity contribution in [3.63, 3.8) is 0 Å². The molecule has 4 bridgehead atoms. The van der Waals surface area contributed by atoms with Crippen molar-refractivity contribution in [2.75, 3.05) is 0 Å². The van der Waals surface area contributed by atoms with Crippen LogP contribution in [0, 0.1) is 20.8 Å². The third kappa shape index (κ3) is 1.12. The zero-order valence-corrected chi connectivity index (χ0v) is 11.0. The van der Waals surface area contributed by atoms with Crippen LogP contribution in [0.1, 0.15) is 53.3 Å². The Bertz CT molecular complexity index is 506. The van der Waals surface area contributed by atoms with Crippen LogP contribution in [0.3, 0.4) is 0 Å². The van der Waals surface area contributed by atoms with Crippen LogP contribution in [0.5, 0.6) is 0 Å². The lowest BCUT2D eigenvalue weighted by atomic mass is 9.79. The van der Waals surface area contributed by atoms with E-state index in [0.29, 0.717) is 0 Å². The average molecular weight is 228 g/mol. The molecule has 90 valence electrons. The Labute approximate surface area is 103 Å². The lowest BCUT2D eigenvalue weighted by Crippen LogP contribution is -2.35. The van der Waals surface area contributed by atoms with Gasteiger partial charge in [0.1, 0.15) is 0 Å². The molecule has 0 spiro atoms. The maximum absolute atomic E-state index is 4.77. The van der Waals surface area contributed by atoms with Crippen LogP contribution in [-0.2, 0) is 6.54 Å². The molecule has 4 atom stereocenters. The highest BCUT2D eigenvalue weighted by Gasteiger charge is 2.50. The highest BCUT2D eigenvalue weighted by atomic mass is 15.2. The normalized spacial score (nSPS) is 37.4. The summed E-state index contributed by atoms with van der Waals surface area (Å²) >= 11 is 0. The molecule has 17 heavy (non-hydrogen) atoms. The van der Waals surface area contributed by atoms with Gasteiger partial charge in [-0.1, -0.05) is 0 Å². The van der Waals surface area contributed by atoms with E-state index in [1.54, 1.807) is 11.1 Å². The van der Waals surface area contributed by atoms with E-state index in [4.69, 9.17) is 4.98 Å². The molecule has 2 fully saturated rings. The number of nitrogens with zero attached hydrogens (tertiary/aromatic N) is 2. The number of hydrogen-bond donors (Lipinski definition) is 0. The number of aryl methyl sites for hydroxylation is 2. The molecule has 2 heteroatoms. The zero-order chi connectivity index (χ0) is 11.7. The summed E-state index contributed by atoms with van der Waals surface area (Å²) in [5, 5.41) is 0. The van der Waals surface area contributed by atoms with Crippen molar-refractivity contribution in [1.29, 1.82) is 0 Å². The summed E-state index contributed by atoms with van der Waals surface area (Å²) in [6.45, 7) is 7.82. The predicted molar refractivity (Wildman–Crippen MR) is 68.2 cm³/mol. The smallest absolute Gasteiger partial charge is 0.0414 e. The summed E-state index contributed by atoms with van der Waals surface area (Å²) < 4.78 is 0. The maximum Gasteiger partial charge on any atom is 0.0414 e. The average Bonchev–Trinajstić information content (AvgIpc) is 2.80. The number of fused-ring (bicyclic) bond motifs is 2. The fourth-order valence-corrected chi connectivity index (χ4v) is 4.57. The van der Waals surface area contributed by atoms with E-state index in [2.05, 4.69) is 25.7 Å². The molecule has 4 rings (SSSR count). The summed E-state index contributed by atoms with van der Waals surface area (Å²) in [6, 6.07) is 1.71. The first kappa shape index (κ1) is 10.1. The first-order chi connectivity index (χ1) is 8.16. The van der Waals surface area contributed by atoms with Crippen LogP contribution >= 0.6 is 0 Å². The van der Waals surface area contributed by atoms with Crippen molar-refractivity contribution in [2.24, 2.45) is 0 Å². The Morgan fingerprint density at radius 2 is 1.94 bits per heavy atom. The maximum atomic E-state index is 4.77. The highest BCUT2D eigenvalue weighted by Crippen LogP contribution is 2.52. The fraction of sp³-hybridized carbons (Fsp3) is 0.667. The van der Waals surface area contributed by atoms with E-state index < -0.39 is 0 Å². The number of rotatable bonds is 0. The van der Waals surface area contributed by atoms with E-state index in [9.17, 15) is 0 Å². The van der Waals surface area contributed by atoms with E-state index >= 15 is 0 Å². The van der Waals surface area contributed by atoms with Gasteiger partial charge in [0.05, 0.1) is 0 Å². The van der Waals surface area contributed by atoms with Gasteiger partial charge in [-0.2, -0.15) is 0 Å². The Morgan fingerprint density at radius 1 is 1.12 bits per heavy atom. The first-order valence-electron chi connectivity index (χ1n) is 6.89. The molecule has 0 radical (unpaired) electrons. The van der Waals surface area contributed by atoms with E-state index in [1.165, 1.54) is 42.8 Å². The van der Waals surface area contributed by atoms with Gasteiger partial charge in [-0.05, 0) is 56.7 Å². The monoisotopic (exact) mass is 228 g/mol.